The topological polar surface area (TPSA) is 95.6 Å². The van der Waals surface area contributed by atoms with E-state index in [0.717, 1.165) is 24.6 Å². The van der Waals surface area contributed by atoms with Gasteiger partial charge in [-0.15, -0.1) is 11.8 Å². The highest BCUT2D eigenvalue weighted by atomic mass is 32.2. The lowest BCUT2D eigenvalue weighted by molar-refractivity contribution is -0.133. The lowest BCUT2D eigenvalue weighted by atomic mass is 10.2. The van der Waals surface area contributed by atoms with E-state index in [1.165, 1.54) is 12.1 Å². The van der Waals surface area contributed by atoms with Crippen LogP contribution in [0.25, 0.3) is 0 Å². The van der Waals surface area contributed by atoms with Crippen molar-refractivity contribution in [3.63, 3.8) is 0 Å². The molecule has 2 aliphatic heterocycles. The number of amides is 2. The molecule has 7 nitrogen and oxygen atoms in total. The van der Waals surface area contributed by atoms with E-state index in [4.69, 9.17) is 0 Å². The lowest BCUT2D eigenvalue weighted by Gasteiger charge is -2.27. The summed E-state index contributed by atoms with van der Waals surface area (Å²) in [5.41, 5.74) is 0.853. The van der Waals surface area contributed by atoms with Gasteiger partial charge in [-0.2, -0.15) is 0 Å². The second-order valence-corrected chi connectivity index (χ2v) is 9.48. The normalized spacial score (nSPS) is 19.1. The maximum atomic E-state index is 12.6. The van der Waals surface area contributed by atoms with Gasteiger partial charge in [0.2, 0.25) is 11.8 Å². The SMILES string of the molecule is O=C1Nc2cc(S(=O)(=O)Nc3ccccc3)ccc2SC1C(=O)N1CCCC1. The van der Waals surface area contributed by atoms with Gasteiger partial charge in [0.15, 0.2) is 5.25 Å². The zero-order valence-electron chi connectivity index (χ0n) is 14.9. The molecule has 1 saturated heterocycles. The number of benzene rings is 2. The van der Waals surface area contributed by atoms with E-state index in [-0.39, 0.29) is 10.8 Å². The van der Waals surface area contributed by atoms with Crippen LogP contribution in [-0.4, -0.2) is 43.5 Å². The smallest absolute Gasteiger partial charge is 0.261 e. The fourth-order valence-electron chi connectivity index (χ4n) is 3.24. The number of rotatable bonds is 4. The summed E-state index contributed by atoms with van der Waals surface area (Å²) < 4.78 is 27.8. The minimum atomic E-state index is -3.79. The minimum absolute atomic E-state index is 0.0420. The van der Waals surface area contributed by atoms with Crippen molar-refractivity contribution in [2.45, 2.75) is 27.9 Å². The lowest BCUT2D eigenvalue weighted by Crippen LogP contribution is -2.43. The van der Waals surface area contributed by atoms with Gasteiger partial charge in [0, 0.05) is 23.7 Å². The summed E-state index contributed by atoms with van der Waals surface area (Å²) in [6.45, 7) is 1.36. The Morgan fingerprint density at radius 1 is 1.11 bits per heavy atom. The number of sulfonamides is 1. The van der Waals surface area contributed by atoms with Gasteiger partial charge in [-0.25, -0.2) is 8.42 Å². The predicted molar refractivity (Wildman–Crippen MR) is 108 cm³/mol. The van der Waals surface area contributed by atoms with Crippen LogP contribution in [0.4, 0.5) is 11.4 Å². The second-order valence-electron chi connectivity index (χ2n) is 6.65. The monoisotopic (exact) mass is 417 g/mol. The van der Waals surface area contributed by atoms with Crippen LogP contribution in [0.3, 0.4) is 0 Å². The first-order chi connectivity index (χ1) is 13.4. The van der Waals surface area contributed by atoms with Gasteiger partial charge in [-0.3, -0.25) is 14.3 Å². The van der Waals surface area contributed by atoms with Crippen molar-refractivity contribution in [2.24, 2.45) is 0 Å². The summed E-state index contributed by atoms with van der Waals surface area (Å²) >= 11 is 1.16. The number of thioether (sulfide) groups is 1. The zero-order chi connectivity index (χ0) is 19.7. The summed E-state index contributed by atoms with van der Waals surface area (Å²) in [6, 6.07) is 13.1. The van der Waals surface area contributed by atoms with Crippen molar-refractivity contribution in [3.8, 4) is 0 Å². The number of fused-ring (bicyclic) bond motifs is 1. The van der Waals surface area contributed by atoms with Gasteiger partial charge >= 0.3 is 0 Å². The highest BCUT2D eigenvalue weighted by Crippen LogP contribution is 2.38. The van der Waals surface area contributed by atoms with E-state index in [0.29, 0.717) is 29.4 Å². The molecule has 2 N–H and O–H groups in total. The fraction of sp³-hybridized carbons (Fsp3) is 0.263. The first kappa shape index (κ1) is 18.8. The highest BCUT2D eigenvalue weighted by Gasteiger charge is 2.37. The van der Waals surface area contributed by atoms with Crippen LogP contribution < -0.4 is 10.0 Å². The van der Waals surface area contributed by atoms with Crippen molar-refractivity contribution in [1.29, 1.82) is 0 Å². The molecule has 2 amide bonds. The van der Waals surface area contributed by atoms with Gasteiger partial charge < -0.3 is 10.2 Å². The Balaban J connectivity index is 1.56. The van der Waals surface area contributed by atoms with Crippen molar-refractivity contribution in [3.05, 3.63) is 48.5 Å². The molecule has 2 aromatic carbocycles. The maximum absolute atomic E-state index is 12.6. The number of nitrogens with one attached hydrogen (secondary N) is 2. The van der Waals surface area contributed by atoms with Crippen molar-refractivity contribution in [2.75, 3.05) is 23.1 Å². The summed E-state index contributed by atoms with van der Waals surface area (Å²) in [5, 5.41) is 1.85. The highest BCUT2D eigenvalue weighted by molar-refractivity contribution is 8.01. The molecule has 0 saturated carbocycles. The van der Waals surface area contributed by atoms with Crippen LogP contribution in [0.5, 0.6) is 0 Å². The maximum Gasteiger partial charge on any atom is 0.261 e. The molecule has 2 aromatic rings. The van der Waals surface area contributed by atoms with Gasteiger partial charge in [-0.05, 0) is 43.2 Å². The molecule has 0 bridgehead atoms. The molecule has 28 heavy (non-hydrogen) atoms. The van der Waals surface area contributed by atoms with Crippen LogP contribution in [0, 0.1) is 0 Å². The average molecular weight is 418 g/mol. The van der Waals surface area contributed by atoms with Crippen molar-refractivity contribution < 1.29 is 18.0 Å². The molecule has 1 unspecified atom stereocenters. The van der Waals surface area contributed by atoms with Crippen LogP contribution in [0.2, 0.25) is 0 Å². The van der Waals surface area contributed by atoms with Crippen molar-refractivity contribution >= 4 is 45.0 Å². The van der Waals surface area contributed by atoms with Gasteiger partial charge in [-0.1, -0.05) is 18.2 Å². The largest absolute Gasteiger partial charge is 0.341 e. The Morgan fingerprint density at radius 3 is 2.54 bits per heavy atom. The van der Waals surface area contributed by atoms with Gasteiger partial charge in [0.05, 0.1) is 10.6 Å². The molecule has 0 spiro atoms. The second kappa shape index (κ2) is 7.48. The molecular weight excluding hydrogens is 398 g/mol. The average Bonchev–Trinajstić information content (AvgIpc) is 3.22. The Labute approximate surface area is 167 Å². The number of carbonyl (C=O) groups is 2. The number of hydrogen-bond donors (Lipinski definition) is 2. The van der Waals surface area contributed by atoms with Crippen LogP contribution >= 0.6 is 11.8 Å². The Kier molecular flexibility index (Phi) is 5.03. The number of likely N-dealkylation sites (tertiary alicyclic amines) is 1. The van der Waals surface area contributed by atoms with E-state index in [2.05, 4.69) is 10.0 Å². The third-order valence-electron chi connectivity index (χ3n) is 4.67. The van der Waals surface area contributed by atoms with Crippen LogP contribution in [0.1, 0.15) is 12.8 Å². The third-order valence-corrected chi connectivity index (χ3v) is 7.31. The molecule has 0 aliphatic carbocycles. The number of nitrogens with zero attached hydrogens (tertiary/aromatic N) is 1. The molecule has 4 rings (SSSR count). The van der Waals surface area contributed by atoms with E-state index in [1.54, 1.807) is 41.3 Å². The van der Waals surface area contributed by atoms with Gasteiger partial charge in [0.25, 0.3) is 10.0 Å². The first-order valence-electron chi connectivity index (χ1n) is 8.92. The first-order valence-corrected chi connectivity index (χ1v) is 11.3. The fourth-order valence-corrected chi connectivity index (χ4v) is 5.38. The standard InChI is InChI=1S/C19H19N3O4S2/c23-18-17(19(24)22-10-4-5-11-22)27-16-9-8-14(12-15(16)20-18)28(25,26)21-13-6-2-1-3-7-13/h1-3,6-9,12,17,21H,4-5,10-11H2,(H,20,23). The Hall–Kier alpha value is -2.52. The summed E-state index contributed by atoms with van der Waals surface area (Å²) in [5.74, 6) is -0.604. The Morgan fingerprint density at radius 2 is 1.82 bits per heavy atom. The molecular formula is C19H19N3O4S2. The van der Waals surface area contributed by atoms with E-state index in [1.807, 2.05) is 0 Å². The van der Waals surface area contributed by atoms with E-state index >= 15 is 0 Å². The third kappa shape index (κ3) is 3.72. The molecule has 0 aromatic heterocycles. The molecule has 2 aliphatic rings. The van der Waals surface area contributed by atoms with Crippen LogP contribution in [0.15, 0.2) is 58.3 Å². The van der Waals surface area contributed by atoms with Gasteiger partial charge in [0.1, 0.15) is 0 Å². The number of para-hydroxylation sites is 1. The minimum Gasteiger partial charge on any atom is -0.341 e. The Bertz CT molecular complexity index is 1020. The summed E-state index contributed by atoms with van der Waals surface area (Å²) in [4.78, 5) is 27.5. The predicted octanol–water partition coefficient (Wildman–Crippen LogP) is 2.52. The number of hydrogen-bond acceptors (Lipinski definition) is 5. The number of carbonyl (C=O) groups excluding carboxylic acids is 2. The molecule has 9 heteroatoms. The molecule has 2 heterocycles. The molecule has 1 atom stereocenters. The molecule has 146 valence electrons. The number of anilines is 2. The molecule has 1 fully saturated rings. The zero-order valence-corrected chi connectivity index (χ0v) is 16.6. The van der Waals surface area contributed by atoms with E-state index in [9.17, 15) is 18.0 Å². The molecule has 0 radical (unpaired) electrons. The van der Waals surface area contributed by atoms with Crippen molar-refractivity contribution in [1.82, 2.24) is 4.90 Å². The summed E-state index contributed by atoms with van der Waals surface area (Å²) in [7, 11) is -3.79. The quantitative estimate of drug-likeness (QED) is 0.746. The van der Waals surface area contributed by atoms with Crippen LogP contribution in [-0.2, 0) is 19.6 Å². The van der Waals surface area contributed by atoms with E-state index < -0.39 is 21.2 Å². The summed E-state index contributed by atoms with van der Waals surface area (Å²) in [6.07, 6.45) is 1.91.